The van der Waals surface area contributed by atoms with Gasteiger partial charge in [-0.25, -0.2) is 9.97 Å². The number of nitrogens with zero attached hydrogens (tertiary/aromatic N) is 5. The molecule has 1 aliphatic rings. The molecule has 2 aromatic heterocycles. The van der Waals surface area contributed by atoms with Gasteiger partial charge in [0.2, 0.25) is 0 Å². The summed E-state index contributed by atoms with van der Waals surface area (Å²) < 4.78 is 2.07. The van der Waals surface area contributed by atoms with Gasteiger partial charge < -0.3 is 4.90 Å². The highest BCUT2D eigenvalue weighted by Crippen LogP contribution is 2.29. The van der Waals surface area contributed by atoms with Crippen LogP contribution in [0.25, 0.3) is 10.9 Å². The molecule has 0 aliphatic carbocycles. The topological polar surface area (TPSA) is 46.8 Å². The summed E-state index contributed by atoms with van der Waals surface area (Å²) in [6, 6.07) is 8.76. The number of anilines is 1. The van der Waals surface area contributed by atoms with Gasteiger partial charge in [-0.2, -0.15) is 5.10 Å². The highest BCUT2D eigenvalue weighted by molar-refractivity contribution is 5.89. The molecule has 22 heavy (non-hydrogen) atoms. The fourth-order valence-corrected chi connectivity index (χ4v) is 3.27. The first-order valence-corrected chi connectivity index (χ1v) is 7.77. The molecular formula is C17H19N5. The number of benzene rings is 1. The first-order valence-electron chi connectivity index (χ1n) is 7.77. The lowest BCUT2D eigenvalue weighted by molar-refractivity contribution is 0.375. The predicted octanol–water partition coefficient (Wildman–Crippen LogP) is 2.98. The van der Waals surface area contributed by atoms with Crippen molar-refractivity contribution in [1.82, 2.24) is 19.7 Å². The summed E-state index contributed by atoms with van der Waals surface area (Å²) in [4.78, 5) is 11.3. The zero-order chi connectivity index (χ0) is 14.9. The summed E-state index contributed by atoms with van der Waals surface area (Å²) >= 11 is 0. The number of hydrogen-bond acceptors (Lipinski definition) is 4. The van der Waals surface area contributed by atoms with Crippen molar-refractivity contribution < 1.29 is 0 Å². The van der Waals surface area contributed by atoms with Gasteiger partial charge in [0.15, 0.2) is 0 Å². The van der Waals surface area contributed by atoms with Crippen molar-refractivity contribution in [3.05, 3.63) is 48.5 Å². The number of aryl methyl sites for hydroxylation is 1. The maximum Gasteiger partial charge on any atom is 0.139 e. The highest BCUT2D eigenvalue weighted by atomic mass is 15.3. The number of rotatable bonds is 2. The van der Waals surface area contributed by atoms with Crippen LogP contribution in [0.4, 0.5) is 5.82 Å². The molecule has 1 atom stereocenters. The molecule has 0 saturated carbocycles. The monoisotopic (exact) mass is 293 g/mol. The van der Waals surface area contributed by atoms with Gasteiger partial charge in [-0.15, -0.1) is 0 Å². The minimum atomic E-state index is 0.415. The minimum Gasteiger partial charge on any atom is -0.354 e. The second-order valence-electron chi connectivity index (χ2n) is 5.95. The van der Waals surface area contributed by atoms with Crippen LogP contribution in [0, 0.1) is 6.92 Å². The third kappa shape index (κ3) is 2.32. The van der Waals surface area contributed by atoms with Gasteiger partial charge in [0.25, 0.3) is 0 Å². The Kier molecular flexibility index (Phi) is 3.25. The van der Waals surface area contributed by atoms with E-state index in [2.05, 4.69) is 56.0 Å². The van der Waals surface area contributed by atoms with E-state index in [1.54, 1.807) is 6.33 Å². The van der Waals surface area contributed by atoms with Crippen LogP contribution in [0.1, 0.15) is 24.4 Å². The van der Waals surface area contributed by atoms with Crippen LogP contribution in [0.2, 0.25) is 0 Å². The second-order valence-corrected chi connectivity index (χ2v) is 5.95. The quantitative estimate of drug-likeness (QED) is 0.729. The minimum absolute atomic E-state index is 0.415. The third-order valence-electron chi connectivity index (χ3n) is 4.36. The van der Waals surface area contributed by atoms with Crippen LogP contribution in [0.3, 0.4) is 0 Å². The Labute approximate surface area is 129 Å². The molecule has 1 aromatic carbocycles. The Balaban J connectivity index is 1.70. The smallest absolute Gasteiger partial charge is 0.139 e. The van der Waals surface area contributed by atoms with Gasteiger partial charge in [-0.3, -0.25) is 4.68 Å². The van der Waals surface area contributed by atoms with Gasteiger partial charge in [0.1, 0.15) is 12.1 Å². The average Bonchev–Trinajstić information content (AvgIpc) is 3.09. The Bertz CT molecular complexity index is 781. The molecule has 3 aromatic rings. The van der Waals surface area contributed by atoms with Crippen LogP contribution < -0.4 is 4.90 Å². The fourth-order valence-electron chi connectivity index (χ4n) is 3.27. The number of fused-ring (bicyclic) bond motifs is 1. The summed E-state index contributed by atoms with van der Waals surface area (Å²) in [5, 5.41) is 5.54. The van der Waals surface area contributed by atoms with Crippen molar-refractivity contribution in [2.75, 3.05) is 18.0 Å². The van der Waals surface area contributed by atoms with Crippen LogP contribution in [-0.4, -0.2) is 32.8 Å². The summed E-state index contributed by atoms with van der Waals surface area (Å²) in [7, 11) is 0. The highest BCUT2D eigenvalue weighted by Gasteiger charge is 2.23. The molecule has 1 aliphatic heterocycles. The van der Waals surface area contributed by atoms with Gasteiger partial charge in [0, 0.05) is 30.9 Å². The lowest BCUT2D eigenvalue weighted by Gasteiger charge is -2.34. The third-order valence-corrected chi connectivity index (χ3v) is 4.36. The molecular weight excluding hydrogens is 274 g/mol. The first kappa shape index (κ1) is 13.2. The molecule has 1 unspecified atom stereocenters. The Morgan fingerprint density at radius 3 is 3.05 bits per heavy atom. The van der Waals surface area contributed by atoms with E-state index in [-0.39, 0.29) is 0 Å². The van der Waals surface area contributed by atoms with E-state index < -0.39 is 0 Å². The molecule has 5 heteroatoms. The van der Waals surface area contributed by atoms with Crippen molar-refractivity contribution in [3.8, 4) is 0 Å². The van der Waals surface area contributed by atoms with Crippen LogP contribution in [0.15, 0.2) is 43.0 Å². The first-order chi connectivity index (χ1) is 10.8. The van der Waals surface area contributed by atoms with Crippen molar-refractivity contribution in [1.29, 1.82) is 0 Å². The number of hydrogen-bond donors (Lipinski definition) is 0. The fraction of sp³-hybridized carbons (Fsp3) is 0.353. The molecule has 3 heterocycles. The van der Waals surface area contributed by atoms with Crippen molar-refractivity contribution in [2.45, 2.75) is 25.8 Å². The van der Waals surface area contributed by atoms with Gasteiger partial charge in [-0.05, 0) is 38.0 Å². The lowest BCUT2D eigenvalue weighted by atomic mass is 10.0. The molecule has 0 spiro atoms. The zero-order valence-corrected chi connectivity index (χ0v) is 12.7. The van der Waals surface area contributed by atoms with E-state index in [4.69, 9.17) is 0 Å². The van der Waals surface area contributed by atoms with Crippen LogP contribution in [-0.2, 0) is 0 Å². The van der Waals surface area contributed by atoms with E-state index in [0.717, 1.165) is 36.2 Å². The summed E-state index contributed by atoms with van der Waals surface area (Å²) in [6.45, 7) is 4.10. The maximum atomic E-state index is 4.57. The summed E-state index contributed by atoms with van der Waals surface area (Å²) in [6.07, 6.45) is 7.89. The molecule has 1 saturated heterocycles. The molecule has 5 nitrogen and oxygen atoms in total. The second kappa shape index (κ2) is 5.40. The molecule has 0 amide bonds. The SMILES string of the molecule is Cc1ccc2ncnc(N3CCCC(n4cccn4)C3)c2c1. The van der Waals surface area contributed by atoms with E-state index in [1.165, 1.54) is 12.0 Å². The van der Waals surface area contributed by atoms with Gasteiger partial charge >= 0.3 is 0 Å². The molecule has 112 valence electrons. The Morgan fingerprint density at radius 2 is 2.18 bits per heavy atom. The largest absolute Gasteiger partial charge is 0.354 e. The molecule has 0 bridgehead atoms. The predicted molar refractivity (Wildman–Crippen MR) is 87.0 cm³/mol. The average molecular weight is 293 g/mol. The zero-order valence-electron chi connectivity index (χ0n) is 12.7. The number of piperidine rings is 1. The molecule has 1 fully saturated rings. The maximum absolute atomic E-state index is 4.57. The standard InChI is InChI=1S/C17H19N5/c1-13-5-6-16-15(10-13)17(19-12-18-16)21-8-2-4-14(11-21)22-9-3-7-20-22/h3,5-7,9-10,12,14H,2,4,8,11H2,1H3. The van der Waals surface area contributed by atoms with Crippen LogP contribution in [0.5, 0.6) is 0 Å². The van der Waals surface area contributed by atoms with Gasteiger partial charge in [0.05, 0.1) is 11.6 Å². The Morgan fingerprint density at radius 1 is 1.23 bits per heavy atom. The van der Waals surface area contributed by atoms with Crippen molar-refractivity contribution in [3.63, 3.8) is 0 Å². The normalized spacial score (nSPS) is 18.8. The summed E-state index contributed by atoms with van der Waals surface area (Å²) in [5.74, 6) is 1.05. The molecule has 0 N–H and O–H groups in total. The van der Waals surface area contributed by atoms with Crippen molar-refractivity contribution >= 4 is 16.7 Å². The van der Waals surface area contributed by atoms with E-state index in [0.29, 0.717) is 6.04 Å². The van der Waals surface area contributed by atoms with Gasteiger partial charge in [-0.1, -0.05) is 11.6 Å². The molecule has 0 radical (unpaired) electrons. The Hall–Kier alpha value is -2.43. The molecule has 4 rings (SSSR count). The number of aromatic nitrogens is 4. The van der Waals surface area contributed by atoms with Crippen LogP contribution >= 0.6 is 0 Å². The van der Waals surface area contributed by atoms with E-state index >= 15 is 0 Å². The lowest BCUT2D eigenvalue weighted by Crippen LogP contribution is -2.37. The van der Waals surface area contributed by atoms with Crippen molar-refractivity contribution in [2.24, 2.45) is 0 Å². The summed E-state index contributed by atoms with van der Waals surface area (Å²) in [5.41, 5.74) is 2.25. The van der Waals surface area contributed by atoms with E-state index in [9.17, 15) is 0 Å². The van der Waals surface area contributed by atoms with E-state index in [1.807, 2.05) is 12.3 Å².